The van der Waals surface area contributed by atoms with E-state index in [1.165, 1.54) is 11.8 Å². The molecular formula is C27H27N5O2S. The maximum Gasteiger partial charge on any atom is 0.234 e. The summed E-state index contributed by atoms with van der Waals surface area (Å²) in [6.07, 6.45) is 2.61. The summed E-state index contributed by atoms with van der Waals surface area (Å²) < 4.78 is 1.81. The third-order valence-corrected chi connectivity index (χ3v) is 6.46. The maximum atomic E-state index is 12.7. The number of hydrogen-bond donors (Lipinski definition) is 2. The third-order valence-electron chi connectivity index (χ3n) is 5.49. The summed E-state index contributed by atoms with van der Waals surface area (Å²) in [6, 6.07) is 21.5. The van der Waals surface area contributed by atoms with Gasteiger partial charge in [-0.2, -0.15) is 0 Å². The summed E-state index contributed by atoms with van der Waals surface area (Å²) in [6.45, 7) is 6.29. The van der Waals surface area contributed by atoms with Crippen molar-refractivity contribution in [3.8, 4) is 0 Å². The molecule has 0 bridgehead atoms. The molecule has 0 unspecified atom stereocenters. The Labute approximate surface area is 208 Å². The number of nitrogens with zero attached hydrogens (tertiary/aromatic N) is 3. The molecule has 0 aliphatic carbocycles. The van der Waals surface area contributed by atoms with Crippen molar-refractivity contribution in [3.63, 3.8) is 0 Å². The van der Waals surface area contributed by atoms with Crippen LogP contribution in [0.4, 0.5) is 11.4 Å². The molecule has 35 heavy (non-hydrogen) atoms. The van der Waals surface area contributed by atoms with Crippen molar-refractivity contribution >= 4 is 45.7 Å². The van der Waals surface area contributed by atoms with Gasteiger partial charge in [-0.1, -0.05) is 79.4 Å². The number of hydrogen-bond acceptors (Lipinski definition) is 5. The number of para-hydroxylation sites is 1. The third kappa shape index (κ3) is 5.96. The number of amides is 2. The number of aryl methyl sites for hydroxylation is 1. The first-order valence-corrected chi connectivity index (χ1v) is 12.4. The lowest BCUT2D eigenvalue weighted by Gasteiger charge is -2.11. The molecule has 1 aromatic heterocycles. The van der Waals surface area contributed by atoms with Crippen molar-refractivity contribution in [1.29, 1.82) is 0 Å². The molecule has 4 rings (SSSR count). The Bertz CT molecular complexity index is 1360. The molecule has 0 atom stereocenters. The summed E-state index contributed by atoms with van der Waals surface area (Å²) in [5, 5.41) is 17.0. The molecule has 0 spiro atoms. The maximum absolute atomic E-state index is 12.7. The molecule has 8 heteroatoms. The number of aromatic nitrogens is 3. The quantitative estimate of drug-likeness (QED) is 0.241. The number of benzene rings is 3. The van der Waals surface area contributed by atoms with Gasteiger partial charge in [0.25, 0.3) is 0 Å². The molecule has 4 aromatic rings. The van der Waals surface area contributed by atoms with Crippen LogP contribution in [0.2, 0.25) is 0 Å². The standard InChI is InChI=1S/C27H27N5O2S/c1-3-16-32-24(17-25(33)28-22-14-8-6-10-19(22)4-2)30-31-27(32)35-18-26(34)29-23-15-9-12-20-11-5-7-13-21(20)23/h3,5-15H,1,4,16-18H2,2H3,(H,28,33)(H,29,34). The minimum atomic E-state index is -0.172. The van der Waals surface area contributed by atoms with Crippen LogP contribution in [0.3, 0.4) is 0 Å². The van der Waals surface area contributed by atoms with Gasteiger partial charge < -0.3 is 15.2 Å². The molecule has 0 radical (unpaired) electrons. The minimum Gasteiger partial charge on any atom is -0.325 e. The highest BCUT2D eigenvalue weighted by atomic mass is 32.2. The van der Waals surface area contributed by atoms with Crippen LogP contribution in [0.25, 0.3) is 10.8 Å². The lowest BCUT2D eigenvalue weighted by atomic mass is 10.1. The Hall–Kier alpha value is -3.91. The molecule has 2 amide bonds. The van der Waals surface area contributed by atoms with Gasteiger partial charge in [-0.3, -0.25) is 9.59 Å². The summed E-state index contributed by atoms with van der Waals surface area (Å²) in [5.41, 5.74) is 2.64. The van der Waals surface area contributed by atoms with Crippen molar-refractivity contribution < 1.29 is 9.59 Å². The van der Waals surface area contributed by atoms with E-state index in [1.54, 1.807) is 6.08 Å². The second kappa shape index (κ2) is 11.5. The zero-order valence-electron chi connectivity index (χ0n) is 19.5. The number of thioether (sulfide) groups is 1. The zero-order valence-corrected chi connectivity index (χ0v) is 20.3. The number of nitrogens with one attached hydrogen (secondary N) is 2. The SMILES string of the molecule is C=CCn1c(CC(=O)Nc2ccccc2CC)nnc1SCC(=O)Nc1cccc2ccccc12. The highest BCUT2D eigenvalue weighted by Gasteiger charge is 2.17. The molecule has 2 N–H and O–H groups in total. The van der Waals surface area contributed by atoms with Gasteiger partial charge in [-0.05, 0) is 29.5 Å². The smallest absolute Gasteiger partial charge is 0.234 e. The van der Waals surface area contributed by atoms with Gasteiger partial charge in [-0.15, -0.1) is 16.8 Å². The fourth-order valence-corrected chi connectivity index (χ4v) is 4.58. The largest absolute Gasteiger partial charge is 0.325 e. The highest BCUT2D eigenvalue weighted by Crippen LogP contribution is 2.24. The number of fused-ring (bicyclic) bond motifs is 1. The first kappa shape index (κ1) is 24.2. The van der Waals surface area contributed by atoms with Gasteiger partial charge in [0.2, 0.25) is 11.8 Å². The minimum absolute atomic E-state index is 0.0711. The summed E-state index contributed by atoms with van der Waals surface area (Å²) >= 11 is 1.28. The fourth-order valence-electron chi connectivity index (χ4n) is 3.81. The molecule has 0 aliphatic rings. The summed E-state index contributed by atoms with van der Waals surface area (Å²) in [5.74, 6) is 0.367. The van der Waals surface area contributed by atoms with E-state index >= 15 is 0 Å². The van der Waals surface area contributed by atoms with Crippen LogP contribution in [-0.2, 0) is 29.0 Å². The molecule has 0 saturated heterocycles. The van der Waals surface area contributed by atoms with E-state index in [0.29, 0.717) is 17.5 Å². The average molecular weight is 486 g/mol. The predicted octanol–water partition coefficient (Wildman–Crippen LogP) is 5.09. The number of rotatable bonds is 10. The van der Waals surface area contributed by atoms with Gasteiger partial charge in [0.05, 0.1) is 12.2 Å². The molecule has 7 nitrogen and oxygen atoms in total. The normalized spacial score (nSPS) is 10.8. The lowest BCUT2D eigenvalue weighted by Crippen LogP contribution is -2.19. The van der Waals surface area contributed by atoms with Gasteiger partial charge >= 0.3 is 0 Å². The first-order valence-electron chi connectivity index (χ1n) is 11.4. The van der Waals surface area contributed by atoms with Crippen molar-refractivity contribution in [3.05, 3.63) is 90.8 Å². The van der Waals surface area contributed by atoms with Crippen LogP contribution in [0.5, 0.6) is 0 Å². The molecule has 0 saturated carbocycles. The Morgan fingerprint density at radius 1 is 0.943 bits per heavy atom. The fraction of sp³-hybridized carbons (Fsp3) is 0.185. The van der Waals surface area contributed by atoms with Crippen molar-refractivity contribution in [2.75, 3.05) is 16.4 Å². The van der Waals surface area contributed by atoms with Crippen LogP contribution in [0, 0.1) is 0 Å². The zero-order chi connectivity index (χ0) is 24.6. The topological polar surface area (TPSA) is 88.9 Å². The van der Waals surface area contributed by atoms with E-state index in [1.807, 2.05) is 78.2 Å². The van der Waals surface area contributed by atoms with Crippen LogP contribution in [-0.4, -0.2) is 32.3 Å². The van der Waals surface area contributed by atoms with Crippen LogP contribution < -0.4 is 10.6 Å². The number of carbonyl (C=O) groups excluding carboxylic acids is 2. The highest BCUT2D eigenvalue weighted by molar-refractivity contribution is 7.99. The number of carbonyl (C=O) groups is 2. The second-order valence-electron chi connectivity index (χ2n) is 7.90. The lowest BCUT2D eigenvalue weighted by molar-refractivity contribution is -0.116. The van der Waals surface area contributed by atoms with Gasteiger partial charge in [0.15, 0.2) is 5.16 Å². The van der Waals surface area contributed by atoms with Gasteiger partial charge in [-0.25, -0.2) is 0 Å². The van der Waals surface area contributed by atoms with E-state index in [-0.39, 0.29) is 24.0 Å². The Morgan fingerprint density at radius 2 is 1.66 bits per heavy atom. The summed E-state index contributed by atoms with van der Waals surface area (Å²) in [4.78, 5) is 25.4. The Kier molecular flexibility index (Phi) is 7.95. The first-order chi connectivity index (χ1) is 17.1. The number of anilines is 2. The van der Waals surface area contributed by atoms with Gasteiger partial charge in [0.1, 0.15) is 5.82 Å². The predicted molar refractivity (Wildman–Crippen MR) is 142 cm³/mol. The van der Waals surface area contributed by atoms with E-state index < -0.39 is 0 Å². The van der Waals surface area contributed by atoms with Gasteiger partial charge in [0, 0.05) is 23.3 Å². The Morgan fingerprint density at radius 3 is 2.49 bits per heavy atom. The van der Waals surface area contributed by atoms with Crippen molar-refractivity contribution in [2.24, 2.45) is 0 Å². The molecule has 178 valence electrons. The van der Waals surface area contributed by atoms with Crippen LogP contribution >= 0.6 is 11.8 Å². The molecule has 0 fully saturated rings. The molecular weight excluding hydrogens is 458 g/mol. The molecule has 1 heterocycles. The number of allylic oxidation sites excluding steroid dienone is 1. The van der Waals surface area contributed by atoms with Crippen LogP contribution in [0.15, 0.2) is 84.5 Å². The monoisotopic (exact) mass is 485 g/mol. The average Bonchev–Trinajstić information content (AvgIpc) is 3.24. The van der Waals surface area contributed by atoms with E-state index in [4.69, 9.17) is 0 Å². The van der Waals surface area contributed by atoms with E-state index in [9.17, 15) is 9.59 Å². The van der Waals surface area contributed by atoms with Crippen LogP contribution in [0.1, 0.15) is 18.3 Å². The van der Waals surface area contributed by atoms with E-state index in [0.717, 1.165) is 34.1 Å². The van der Waals surface area contributed by atoms with E-state index in [2.05, 4.69) is 27.4 Å². The second-order valence-corrected chi connectivity index (χ2v) is 8.84. The molecule has 3 aromatic carbocycles. The Balaban J connectivity index is 1.41. The summed E-state index contributed by atoms with van der Waals surface area (Å²) in [7, 11) is 0. The van der Waals surface area contributed by atoms with Crippen molar-refractivity contribution in [2.45, 2.75) is 31.5 Å². The molecule has 0 aliphatic heterocycles. The van der Waals surface area contributed by atoms with Crippen molar-refractivity contribution in [1.82, 2.24) is 14.8 Å².